The Hall–Kier alpha value is -3.46. The van der Waals surface area contributed by atoms with E-state index in [-0.39, 0.29) is 23.1 Å². The SMILES string of the molecule is COc1ccc(C(=O)CSC(=O)C(Cc2c[nH]c3ccccc23)NC(=O)OC(C)(C)C)c(OC)c1. The molecule has 0 saturated heterocycles. The van der Waals surface area contributed by atoms with E-state index in [0.717, 1.165) is 28.2 Å². The smallest absolute Gasteiger partial charge is 0.408 e. The van der Waals surface area contributed by atoms with Crippen molar-refractivity contribution < 1.29 is 28.6 Å². The van der Waals surface area contributed by atoms with Crippen LogP contribution < -0.4 is 14.8 Å². The molecule has 0 radical (unpaired) electrons. The van der Waals surface area contributed by atoms with Crippen molar-refractivity contribution in [2.75, 3.05) is 20.0 Å². The molecule has 1 amide bonds. The summed E-state index contributed by atoms with van der Waals surface area (Å²) < 4.78 is 15.8. The van der Waals surface area contributed by atoms with Crippen molar-refractivity contribution >= 4 is 39.7 Å². The number of hydrogen-bond acceptors (Lipinski definition) is 7. The number of hydrogen-bond donors (Lipinski definition) is 2. The maximum atomic E-state index is 13.2. The number of rotatable bonds is 9. The number of amides is 1. The van der Waals surface area contributed by atoms with Crippen LogP contribution in [0.15, 0.2) is 48.7 Å². The van der Waals surface area contributed by atoms with Gasteiger partial charge in [-0.3, -0.25) is 9.59 Å². The maximum Gasteiger partial charge on any atom is 0.408 e. The van der Waals surface area contributed by atoms with Gasteiger partial charge in [0.2, 0.25) is 5.12 Å². The first-order valence-electron chi connectivity index (χ1n) is 11.1. The normalized spacial score (nSPS) is 12.1. The zero-order valence-corrected chi connectivity index (χ0v) is 21.3. The summed E-state index contributed by atoms with van der Waals surface area (Å²) in [5.74, 6) is 0.542. The Kier molecular flexibility index (Phi) is 8.45. The van der Waals surface area contributed by atoms with E-state index in [0.29, 0.717) is 17.1 Å². The molecule has 2 aromatic carbocycles. The van der Waals surface area contributed by atoms with Crippen molar-refractivity contribution in [1.29, 1.82) is 0 Å². The van der Waals surface area contributed by atoms with Gasteiger partial charge in [-0.15, -0.1) is 0 Å². The molecular formula is C26H30N2O6S. The third-order valence-electron chi connectivity index (χ3n) is 5.13. The predicted molar refractivity (Wildman–Crippen MR) is 137 cm³/mol. The number of carbonyl (C=O) groups excluding carboxylic acids is 3. The monoisotopic (exact) mass is 498 g/mol. The lowest BCUT2D eigenvalue weighted by atomic mass is 10.1. The predicted octanol–water partition coefficient (Wildman–Crippen LogP) is 4.76. The number of ether oxygens (including phenoxy) is 3. The summed E-state index contributed by atoms with van der Waals surface area (Å²) in [7, 11) is 2.99. The number of methoxy groups -OCH3 is 2. The minimum Gasteiger partial charge on any atom is -0.497 e. The molecule has 0 bridgehead atoms. The van der Waals surface area contributed by atoms with Crippen molar-refractivity contribution in [2.45, 2.75) is 38.8 Å². The van der Waals surface area contributed by atoms with Gasteiger partial charge in [0.25, 0.3) is 0 Å². The molecule has 0 aliphatic rings. The van der Waals surface area contributed by atoms with E-state index in [4.69, 9.17) is 14.2 Å². The van der Waals surface area contributed by atoms with Crippen LogP contribution in [-0.4, -0.2) is 53.6 Å². The summed E-state index contributed by atoms with van der Waals surface area (Å²) in [6, 6.07) is 11.7. The zero-order valence-electron chi connectivity index (χ0n) is 20.5. The van der Waals surface area contributed by atoms with Gasteiger partial charge in [0.1, 0.15) is 23.1 Å². The quantitative estimate of drug-likeness (QED) is 0.410. The lowest BCUT2D eigenvalue weighted by molar-refractivity contribution is -0.112. The van der Waals surface area contributed by atoms with Crippen molar-refractivity contribution in [3.63, 3.8) is 0 Å². The molecule has 1 heterocycles. The van der Waals surface area contributed by atoms with E-state index >= 15 is 0 Å². The molecule has 2 N–H and O–H groups in total. The Bertz CT molecular complexity index is 1210. The van der Waals surface area contributed by atoms with Crippen LogP contribution in [0.1, 0.15) is 36.7 Å². The molecule has 0 aliphatic heterocycles. The van der Waals surface area contributed by atoms with Gasteiger partial charge < -0.3 is 24.5 Å². The van der Waals surface area contributed by atoms with Gasteiger partial charge in [0.05, 0.1) is 25.5 Å². The number of benzene rings is 2. The van der Waals surface area contributed by atoms with E-state index in [1.165, 1.54) is 14.2 Å². The van der Waals surface area contributed by atoms with Gasteiger partial charge >= 0.3 is 6.09 Å². The van der Waals surface area contributed by atoms with Gasteiger partial charge in [0.15, 0.2) is 5.78 Å². The number of para-hydroxylation sites is 1. The van der Waals surface area contributed by atoms with Crippen LogP contribution in [0.25, 0.3) is 10.9 Å². The number of Topliss-reactive ketones (excluding diaryl/α,β-unsaturated/α-hetero) is 1. The summed E-state index contributed by atoms with van der Waals surface area (Å²) in [4.78, 5) is 41.7. The Morgan fingerprint density at radius 1 is 1.06 bits per heavy atom. The molecule has 1 atom stereocenters. The second-order valence-electron chi connectivity index (χ2n) is 8.86. The zero-order chi connectivity index (χ0) is 25.6. The molecule has 0 spiro atoms. The van der Waals surface area contributed by atoms with E-state index in [2.05, 4.69) is 10.3 Å². The first kappa shape index (κ1) is 26.2. The fourth-order valence-corrected chi connectivity index (χ4v) is 4.28. The Morgan fingerprint density at radius 2 is 1.80 bits per heavy atom. The number of aromatic nitrogens is 1. The highest BCUT2D eigenvalue weighted by Gasteiger charge is 2.27. The fraction of sp³-hybridized carbons (Fsp3) is 0.346. The number of fused-ring (bicyclic) bond motifs is 1. The number of thioether (sulfide) groups is 1. The van der Waals surface area contributed by atoms with Gasteiger partial charge in [-0.05, 0) is 44.5 Å². The van der Waals surface area contributed by atoms with Crippen LogP contribution in [0, 0.1) is 0 Å². The van der Waals surface area contributed by atoms with Crippen molar-refractivity contribution in [3.8, 4) is 11.5 Å². The minimum atomic E-state index is -0.889. The largest absolute Gasteiger partial charge is 0.497 e. The molecule has 0 saturated carbocycles. The second-order valence-corrected chi connectivity index (χ2v) is 9.84. The first-order valence-corrected chi connectivity index (χ1v) is 12.1. The van der Waals surface area contributed by atoms with Crippen LogP contribution in [0.5, 0.6) is 11.5 Å². The lowest BCUT2D eigenvalue weighted by Crippen LogP contribution is -2.44. The molecule has 3 rings (SSSR count). The van der Waals surface area contributed by atoms with Gasteiger partial charge in [-0.25, -0.2) is 4.79 Å². The molecular weight excluding hydrogens is 468 g/mol. The van der Waals surface area contributed by atoms with Crippen LogP contribution in [0.4, 0.5) is 4.79 Å². The van der Waals surface area contributed by atoms with E-state index < -0.39 is 17.7 Å². The standard InChI is InChI=1S/C26H30N2O6S/c1-26(2,3)34-25(31)28-21(12-16-14-27-20-9-7-6-8-18(16)20)24(30)35-15-22(29)19-11-10-17(32-4)13-23(19)33-5/h6-11,13-14,21,27H,12,15H2,1-5H3,(H,28,31). The number of alkyl carbamates (subject to hydrolysis) is 1. The number of carbonyl (C=O) groups is 3. The fourth-order valence-electron chi connectivity index (χ4n) is 3.51. The maximum absolute atomic E-state index is 13.2. The molecule has 3 aromatic rings. The highest BCUT2D eigenvalue weighted by molar-refractivity contribution is 8.14. The van der Waals surface area contributed by atoms with E-state index in [1.807, 2.05) is 30.5 Å². The molecule has 35 heavy (non-hydrogen) atoms. The average molecular weight is 499 g/mol. The Balaban J connectivity index is 1.75. The third-order valence-corrected chi connectivity index (χ3v) is 6.10. The van der Waals surface area contributed by atoms with Crippen molar-refractivity contribution in [1.82, 2.24) is 10.3 Å². The highest BCUT2D eigenvalue weighted by atomic mass is 32.2. The molecule has 1 aromatic heterocycles. The summed E-state index contributed by atoms with van der Waals surface area (Å²) >= 11 is 0.848. The second kappa shape index (κ2) is 11.3. The summed E-state index contributed by atoms with van der Waals surface area (Å²) in [6.07, 6.45) is 1.37. The molecule has 186 valence electrons. The molecule has 0 fully saturated rings. The molecule has 9 heteroatoms. The Morgan fingerprint density at radius 3 is 2.49 bits per heavy atom. The van der Waals surface area contributed by atoms with E-state index in [9.17, 15) is 14.4 Å². The summed E-state index contributed by atoms with van der Waals surface area (Å²) in [5, 5.41) is 3.29. The topological polar surface area (TPSA) is 107 Å². The molecule has 8 nitrogen and oxygen atoms in total. The molecule has 0 aliphatic carbocycles. The number of ketones is 1. The van der Waals surface area contributed by atoms with Crippen LogP contribution in [-0.2, 0) is 16.0 Å². The summed E-state index contributed by atoms with van der Waals surface area (Å²) in [6.45, 7) is 5.25. The highest BCUT2D eigenvalue weighted by Crippen LogP contribution is 2.27. The van der Waals surface area contributed by atoms with Crippen molar-refractivity contribution in [3.05, 3.63) is 59.8 Å². The van der Waals surface area contributed by atoms with Crippen LogP contribution in [0.2, 0.25) is 0 Å². The number of aromatic amines is 1. The Labute approximate surface area is 208 Å². The van der Waals surface area contributed by atoms with E-state index in [1.54, 1.807) is 39.0 Å². The number of H-pyrrole nitrogens is 1. The minimum absolute atomic E-state index is 0.109. The number of nitrogens with one attached hydrogen (secondary N) is 2. The third kappa shape index (κ3) is 7.02. The molecule has 1 unspecified atom stereocenters. The van der Waals surface area contributed by atoms with Crippen molar-refractivity contribution in [2.24, 2.45) is 0 Å². The summed E-state index contributed by atoms with van der Waals surface area (Å²) in [5.41, 5.74) is 1.44. The van der Waals surface area contributed by atoms with Crippen LogP contribution in [0.3, 0.4) is 0 Å². The van der Waals surface area contributed by atoms with Gasteiger partial charge in [-0.1, -0.05) is 30.0 Å². The first-order chi connectivity index (χ1) is 16.6. The lowest BCUT2D eigenvalue weighted by Gasteiger charge is -2.23. The van der Waals surface area contributed by atoms with Crippen LogP contribution >= 0.6 is 11.8 Å². The average Bonchev–Trinajstić information content (AvgIpc) is 3.23. The van der Waals surface area contributed by atoms with Gasteiger partial charge in [0, 0.05) is 29.6 Å². The van der Waals surface area contributed by atoms with Gasteiger partial charge in [-0.2, -0.15) is 0 Å².